The molecule has 0 saturated heterocycles. The van der Waals surface area contributed by atoms with E-state index in [4.69, 9.17) is 0 Å². The van der Waals surface area contributed by atoms with E-state index < -0.39 is 0 Å². The number of aryl methyl sites for hydroxylation is 1. The summed E-state index contributed by atoms with van der Waals surface area (Å²) >= 11 is 3.49. The summed E-state index contributed by atoms with van der Waals surface area (Å²) in [5.41, 5.74) is 3.72. The van der Waals surface area contributed by atoms with Crippen LogP contribution in [0.1, 0.15) is 35.2 Å². The van der Waals surface area contributed by atoms with E-state index in [1.807, 2.05) is 4.68 Å². The van der Waals surface area contributed by atoms with E-state index in [9.17, 15) is 0 Å². The molecule has 116 valence electrons. The second-order valence-electron chi connectivity index (χ2n) is 5.86. The van der Waals surface area contributed by atoms with Gasteiger partial charge in [-0.05, 0) is 47.0 Å². The molecule has 23 heavy (non-hydrogen) atoms. The van der Waals surface area contributed by atoms with Crippen LogP contribution >= 0.6 is 15.9 Å². The molecule has 2 aromatic carbocycles. The van der Waals surface area contributed by atoms with Crippen molar-refractivity contribution in [3.05, 3.63) is 69.7 Å². The molecule has 3 aromatic rings. The van der Waals surface area contributed by atoms with Gasteiger partial charge in [0.25, 0.3) is 0 Å². The zero-order valence-electron chi connectivity index (χ0n) is 12.6. The fraction of sp³-hybridized carbons (Fsp3) is 0.235. The van der Waals surface area contributed by atoms with Gasteiger partial charge in [0.1, 0.15) is 0 Å². The van der Waals surface area contributed by atoms with Crippen LogP contribution in [0.25, 0.3) is 0 Å². The number of nitrogens with zero attached hydrogens (tertiary/aromatic N) is 4. The van der Waals surface area contributed by atoms with Crippen molar-refractivity contribution in [3.63, 3.8) is 0 Å². The molecular weight excluding hydrogens is 354 g/mol. The molecule has 0 unspecified atom stereocenters. The Labute approximate surface area is 142 Å². The zero-order chi connectivity index (χ0) is 15.8. The minimum absolute atomic E-state index is 0.134. The van der Waals surface area contributed by atoms with Gasteiger partial charge < -0.3 is 5.32 Å². The molecule has 0 saturated carbocycles. The number of hydrogen-bond donors (Lipinski definition) is 1. The molecule has 2 heterocycles. The average molecular weight is 370 g/mol. The van der Waals surface area contributed by atoms with Gasteiger partial charge in [-0.3, -0.25) is 0 Å². The van der Waals surface area contributed by atoms with Gasteiger partial charge in [-0.1, -0.05) is 63.0 Å². The van der Waals surface area contributed by atoms with Crippen LogP contribution < -0.4 is 5.32 Å². The summed E-state index contributed by atoms with van der Waals surface area (Å²) in [4.78, 5) is 0. The number of rotatable bonds is 2. The first-order chi connectivity index (χ1) is 11.2. The van der Waals surface area contributed by atoms with Crippen LogP contribution in [0.2, 0.25) is 0 Å². The van der Waals surface area contributed by atoms with Crippen molar-refractivity contribution in [1.82, 2.24) is 20.2 Å². The fourth-order valence-corrected chi connectivity index (χ4v) is 3.37. The highest BCUT2D eigenvalue weighted by Crippen LogP contribution is 2.37. The number of tetrazole rings is 1. The summed E-state index contributed by atoms with van der Waals surface area (Å²) in [6.07, 6.45) is 0.906. The minimum Gasteiger partial charge on any atom is -0.346 e. The molecule has 0 spiro atoms. The number of hydrogen-bond acceptors (Lipinski definition) is 4. The van der Waals surface area contributed by atoms with Gasteiger partial charge in [-0.2, -0.15) is 0 Å². The third-order valence-electron chi connectivity index (χ3n) is 4.25. The molecule has 1 aliphatic heterocycles. The molecule has 0 bridgehead atoms. The molecule has 0 aliphatic carbocycles. The van der Waals surface area contributed by atoms with E-state index >= 15 is 0 Å². The Kier molecular flexibility index (Phi) is 3.61. The number of halogens is 1. The van der Waals surface area contributed by atoms with Crippen molar-refractivity contribution in [2.24, 2.45) is 0 Å². The Morgan fingerprint density at radius 3 is 2.74 bits per heavy atom. The van der Waals surface area contributed by atoms with Crippen LogP contribution in [-0.2, 0) is 0 Å². The first-order valence-corrected chi connectivity index (χ1v) is 8.36. The van der Waals surface area contributed by atoms with E-state index in [2.05, 4.69) is 92.2 Å². The van der Waals surface area contributed by atoms with Crippen molar-refractivity contribution in [2.45, 2.75) is 25.4 Å². The fourth-order valence-electron chi connectivity index (χ4n) is 3.11. The molecule has 1 N–H and O–H groups in total. The Bertz CT molecular complexity index is 827. The van der Waals surface area contributed by atoms with E-state index in [0.29, 0.717) is 0 Å². The van der Waals surface area contributed by atoms with E-state index in [-0.39, 0.29) is 12.1 Å². The van der Waals surface area contributed by atoms with E-state index in [1.54, 1.807) is 0 Å². The lowest BCUT2D eigenvalue weighted by molar-refractivity contribution is 0.423. The summed E-state index contributed by atoms with van der Waals surface area (Å²) < 4.78 is 2.96. The molecule has 2 atom stereocenters. The molecule has 5 nitrogen and oxygen atoms in total. The molecule has 0 radical (unpaired) electrons. The van der Waals surface area contributed by atoms with Crippen molar-refractivity contribution >= 4 is 21.9 Å². The van der Waals surface area contributed by atoms with Gasteiger partial charge in [-0.25, -0.2) is 4.68 Å². The van der Waals surface area contributed by atoms with Crippen LogP contribution in [0.3, 0.4) is 0 Å². The second kappa shape index (κ2) is 5.77. The summed E-state index contributed by atoms with van der Waals surface area (Å²) in [7, 11) is 0. The standard InChI is InChI=1S/C17H16BrN5/c1-11-3-2-4-13(9-11)16-10-15(12-5-7-14(18)8-6-12)19-17-20-21-22-23(16)17/h2-9,15-16H,10H2,1H3,(H,19,20,22)/t15-,16+/m1/s1. The maximum atomic E-state index is 4.17. The molecule has 1 aromatic heterocycles. The highest BCUT2D eigenvalue weighted by atomic mass is 79.9. The molecule has 0 amide bonds. The number of fused-ring (bicyclic) bond motifs is 1. The predicted molar refractivity (Wildman–Crippen MR) is 92.3 cm³/mol. The van der Waals surface area contributed by atoms with Crippen LogP contribution in [0, 0.1) is 6.92 Å². The number of anilines is 1. The van der Waals surface area contributed by atoms with Crippen molar-refractivity contribution in [3.8, 4) is 0 Å². The molecule has 0 fully saturated rings. The van der Waals surface area contributed by atoms with Gasteiger partial charge in [0.05, 0.1) is 12.1 Å². The average Bonchev–Trinajstić information content (AvgIpc) is 3.03. The second-order valence-corrected chi connectivity index (χ2v) is 6.78. The lowest BCUT2D eigenvalue weighted by atomic mass is 9.93. The normalized spacial score (nSPS) is 19.9. The lowest BCUT2D eigenvalue weighted by Gasteiger charge is -2.31. The van der Waals surface area contributed by atoms with Crippen LogP contribution in [0.5, 0.6) is 0 Å². The molecular formula is C17H16BrN5. The first-order valence-electron chi connectivity index (χ1n) is 7.57. The Morgan fingerprint density at radius 1 is 1.13 bits per heavy atom. The summed E-state index contributed by atoms with van der Waals surface area (Å²) in [5, 5.41) is 15.6. The predicted octanol–water partition coefficient (Wildman–Crippen LogP) is 3.89. The highest BCUT2D eigenvalue weighted by Gasteiger charge is 2.30. The zero-order valence-corrected chi connectivity index (χ0v) is 14.2. The SMILES string of the molecule is Cc1cccc([C@@H]2C[C@H](c3ccc(Br)cc3)Nc3nnnn32)c1. The quantitative estimate of drug-likeness (QED) is 0.744. The molecule has 6 heteroatoms. The minimum atomic E-state index is 0.134. The van der Waals surface area contributed by atoms with E-state index in [0.717, 1.165) is 16.8 Å². The summed E-state index contributed by atoms with van der Waals surface area (Å²) in [6, 6.07) is 17.3. The largest absolute Gasteiger partial charge is 0.346 e. The Morgan fingerprint density at radius 2 is 1.96 bits per heavy atom. The first kappa shape index (κ1) is 14.4. The van der Waals surface area contributed by atoms with Gasteiger partial charge in [-0.15, -0.1) is 0 Å². The maximum absolute atomic E-state index is 4.17. The number of nitrogens with one attached hydrogen (secondary N) is 1. The van der Waals surface area contributed by atoms with Crippen molar-refractivity contribution in [1.29, 1.82) is 0 Å². The van der Waals surface area contributed by atoms with Crippen molar-refractivity contribution in [2.75, 3.05) is 5.32 Å². The topological polar surface area (TPSA) is 55.6 Å². The Hall–Kier alpha value is -2.21. The third kappa shape index (κ3) is 2.74. The van der Waals surface area contributed by atoms with Crippen LogP contribution in [0.15, 0.2) is 53.0 Å². The summed E-state index contributed by atoms with van der Waals surface area (Å²) in [6.45, 7) is 2.11. The van der Waals surface area contributed by atoms with Crippen molar-refractivity contribution < 1.29 is 0 Å². The maximum Gasteiger partial charge on any atom is 0.243 e. The van der Waals surface area contributed by atoms with Gasteiger partial charge >= 0.3 is 0 Å². The smallest absolute Gasteiger partial charge is 0.243 e. The summed E-state index contributed by atoms with van der Waals surface area (Å²) in [5.74, 6) is 0.718. The van der Waals surface area contributed by atoms with E-state index in [1.165, 1.54) is 16.7 Å². The number of benzene rings is 2. The lowest BCUT2D eigenvalue weighted by Crippen LogP contribution is -2.28. The van der Waals surface area contributed by atoms with Gasteiger partial charge in [0.2, 0.25) is 5.95 Å². The van der Waals surface area contributed by atoms with Crippen LogP contribution in [0.4, 0.5) is 5.95 Å². The Balaban J connectivity index is 1.73. The highest BCUT2D eigenvalue weighted by molar-refractivity contribution is 9.10. The monoisotopic (exact) mass is 369 g/mol. The van der Waals surface area contributed by atoms with Gasteiger partial charge in [0, 0.05) is 4.47 Å². The van der Waals surface area contributed by atoms with Gasteiger partial charge in [0.15, 0.2) is 0 Å². The molecule has 1 aliphatic rings. The number of aromatic nitrogens is 4. The molecule has 4 rings (SSSR count). The van der Waals surface area contributed by atoms with Crippen LogP contribution in [-0.4, -0.2) is 20.2 Å². The third-order valence-corrected chi connectivity index (χ3v) is 4.78.